The van der Waals surface area contributed by atoms with E-state index in [2.05, 4.69) is 22.4 Å². The Morgan fingerprint density at radius 1 is 1.32 bits per heavy atom. The minimum absolute atomic E-state index is 0.284. The molecule has 0 aliphatic carbocycles. The predicted octanol–water partition coefficient (Wildman–Crippen LogP) is 1.48. The molecule has 0 spiro atoms. The average Bonchev–Trinajstić information content (AvgIpc) is 2.38. The van der Waals surface area contributed by atoms with E-state index in [9.17, 15) is 9.59 Å². The summed E-state index contributed by atoms with van der Waals surface area (Å²) < 4.78 is 0. The first-order chi connectivity index (χ1) is 9.13. The van der Waals surface area contributed by atoms with Crippen molar-refractivity contribution in [1.82, 2.24) is 10.7 Å². The van der Waals surface area contributed by atoms with Gasteiger partial charge in [0.2, 0.25) is 11.8 Å². The van der Waals surface area contributed by atoms with Crippen molar-refractivity contribution < 1.29 is 9.59 Å². The molecule has 1 aromatic rings. The molecule has 2 amide bonds. The van der Waals surface area contributed by atoms with Crippen molar-refractivity contribution in [2.75, 3.05) is 6.54 Å². The Morgan fingerprint density at radius 2 is 2.05 bits per heavy atom. The number of carbonyl (C=O) groups is 2. The molecule has 0 aliphatic rings. The Balaban J connectivity index is 2.40. The van der Waals surface area contributed by atoms with Gasteiger partial charge in [-0.1, -0.05) is 35.9 Å². The Labute approximate surface area is 116 Å². The zero-order valence-electron chi connectivity index (χ0n) is 10.2. The Kier molecular flexibility index (Phi) is 6.32. The summed E-state index contributed by atoms with van der Waals surface area (Å²) in [7, 11) is 0. The van der Waals surface area contributed by atoms with Gasteiger partial charge in [0.05, 0.1) is 6.21 Å². The molecule has 5 nitrogen and oxygen atoms in total. The molecule has 0 bridgehead atoms. The maximum Gasteiger partial charge on any atom is 0.249 e. The van der Waals surface area contributed by atoms with Gasteiger partial charge in [-0.15, -0.1) is 6.58 Å². The molecule has 1 aromatic carbocycles. The van der Waals surface area contributed by atoms with E-state index in [-0.39, 0.29) is 12.3 Å². The number of carbonyl (C=O) groups excluding carboxylic acids is 2. The van der Waals surface area contributed by atoms with E-state index in [0.29, 0.717) is 17.1 Å². The number of rotatable bonds is 6. The number of halogens is 1. The molecule has 0 aliphatic heterocycles. The summed E-state index contributed by atoms with van der Waals surface area (Å²) in [5.74, 6) is -0.879. The minimum atomic E-state index is -0.495. The standard InChI is InChI=1S/C13H14ClN3O2/c1-2-7-15-12(18)8-13(19)17-16-9-10-5-3-4-6-11(10)14/h2-6,9H,1,7-8H2,(H,15,18)(H,17,19)/b16-9-. The maximum absolute atomic E-state index is 11.3. The summed E-state index contributed by atoms with van der Waals surface area (Å²) in [4.78, 5) is 22.6. The van der Waals surface area contributed by atoms with Crippen LogP contribution in [-0.4, -0.2) is 24.6 Å². The molecule has 100 valence electrons. The average molecular weight is 280 g/mol. The third kappa shape index (κ3) is 5.83. The summed E-state index contributed by atoms with van der Waals surface area (Å²) in [6.07, 6.45) is 2.67. The summed E-state index contributed by atoms with van der Waals surface area (Å²) in [5.41, 5.74) is 2.93. The highest BCUT2D eigenvalue weighted by Crippen LogP contribution is 2.11. The van der Waals surface area contributed by atoms with Gasteiger partial charge in [0, 0.05) is 17.1 Å². The number of benzene rings is 1. The van der Waals surface area contributed by atoms with Crippen molar-refractivity contribution in [1.29, 1.82) is 0 Å². The fraction of sp³-hybridized carbons (Fsp3) is 0.154. The summed E-state index contributed by atoms with van der Waals surface area (Å²) in [6, 6.07) is 7.07. The minimum Gasteiger partial charge on any atom is -0.352 e. The van der Waals surface area contributed by atoms with Gasteiger partial charge in [0.15, 0.2) is 0 Å². The molecule has 0 radical (unpaired) electrons. The van der Waals surface area contributed by atoms with Crippen molar-refractivity contribution in [3.05, 3.63) is 47.5 Å². The first-order valence-electron chi connectivity index (χ1n) is 5.57. The second kappa shape index (κ2) is 8.05. The SMILES string of the molecule is C=CCNC(=O)CC(=O)N/N=C\c1ccccc1Cl. The van der Waals surface area contributed by atoms with E-state index in [1.165, 1.54) is 12.3 Å². The summed E-state index contributed by atoms with van der Waals surface area (Å²) in [6.45, 7) is 3.78. The van der Waals surface area contributed by atoms with Crippen LogP contribution in [0.2, 0.25) is 5.02 Å². The van der Waals surface area contributed by atoms with Gasteiger partial charge in [-0.25, -0.2) is 5.43 Å². The number of hydrogen-bond donors (Lipinski definition) is 2. The van der Waals surface area contributed by atoms with Crippen LogP contribution in [0.15, 0.2) is 42.0 Å². The number of hydrazone groups is 1. The van der Waals surface area contributed by atoms with Gasteiger partial charge in [0.1, 0.15) is 6.42 Å². The first-order valence-corrected chi connectivity index (χ1v) is 5.95. The van der Waals surface area contributed by atoms with Crippen LogP contribution >= 0.6 is 11.6 Å². The van der Waals surface area contributed by atoms with E-state index < -0.39 is 5.91 Å². The Hall–Kier alpha value is -2.14. The van der Waals surface area contributed by atoms with E-state index in [0.717, 1.165) is 0 Å². The van der Waals surface area contributed by atoms with Crippen molar-refractivity contribution in [2.24, 2.45) is 5.10 Å². The van der Waals surface area contributed by atoms with Crippen LogP contribution in [0.3, 0.4) is 0 Å². The highest BCUT2D eigenvalue weighted by Gasteiger charge is 2.06. The van der Waals surface area contributed by atoms with Crippen LogP contribution in [0.1, 0.15) is 12.0 Å². The Morgan fingerprint density at radius 3 is 2.74 bits per heavy atom. The van der Waals surface area contributed by atoms with E-state index in [1.54, 1.807) is 24.3 Å². The first kappa shape index (κ1) is 14.9. The second-order valence-electron chi connectivity index (χ2n) is 3.58. The topological polar surface area (TPSA) is 70.6 Å². The molecule has 0 fully saturated rings. The van der Waals surface area contributed by atoms with Crippen molar-refractivity contribution in [3.63, 3.8) is 0 Å². The number of hydrogen-bond acceptors (Lipinski definition) is 3. The van der Waals surface area contributed by atoms with Gasteiger partial charge in [-0.3, -0.25) is 9.59 Å². The van der Waals surface area contributed by atoms with E-state index >= 15 is 0 Å². The van der Waals surface area contributed by atoms with Crippen LogP contribution in [0.25, 0.3) is 0 Å². The zero-order chi connectivity index (χ0) is 14.1. The van der Waals surface area contributed by atoms with Gasteiger partial charge < -0.3 is 5.32 Å². The van der Waals surface area contributed by atoms with E-state index in [1.807, 2.05) is 0 Å². The number of nitrogens with zero attached hydrogens (tertiary/aromatic N) is 1. The third-order valence-corrected chi connectivity index (χ3v) is 2.41. The highest BCUT2D eigenvalue weighted by atomic mass is 35.5. The molecule has 0 unspecified atom stereocenters. The quantitative estimate of drug-likeness (QED) is 0.358. The monoisotopic (exact) mass is 279 g/mol. The second-order valence-corrected chi connectivity index (χ2v) is 3.99. The zero-order valence-corrected chi connectivity index (χ0v) is 11.0. The normalized spacial score (nSPS) is 10.2. The van der Waals surface area contributed by atoms with Gasteiger partial charge in [0.25, 0.3) is 0 Å². The molecular formula is C13H14ClN3O2. The van der Waals surface area contributed by atoms with Crippen LogP contribution in [-0.2, 0) is 9.59 Å². The molecule has 0 saturated carbocycles. The van der Waals surface area contributed by atoms with Gasteiger partial charge in [-0.2, -0.15) is 5.10 Å². The molecule has 19 heavy (non-hydrogen) atoms. The van der Waals surface area contributed by atoms with Crippen LogP contribution < -0.4 is 10.7 Å². The molecule has 1 rings (SSSR count). The molecule has 6 heteroatoms. The largest absolute Gasteiger partial charge is 0.352 e. The smallest absolute Gasteiger partial charge is 0.249 e. The molecule has 0 saturated heterocycles. The lowest BCUT2D eigenvalue weighted by molar-refractivity contribution is -0.129. The molecular weight excluding hydrogens is 266 g/mol. The number of nitrogens with one attached hydrogen (secondary N) is 2. The Bertz CT molecular complexity index is 500. The molecule has 0 aromatic heterocycles. The summed E-state index contributed by atoms with van der Waals surface area (Å²) >= 11 is 5.90. The molecule has 0 atom stereocenters. The van der Waals surface area contributed by atoms with Gasteiger partial charge >= 0.3 is 0 Å². The van der Waals surface area contributed by atoms with Crippen molar-refractivity contribution in [3.8, 4) is 0 Å². The van der Waals surface area contributed by atoms with Crippen molar-refractivity contribution >= 4 is 29.6 Å². The third-order valence-electron chi connectivity index (χ3n) is 2.06. The molecule has 0 heterocycles. The van der Waals surface area contributed by atoms with Crippen molar-refractivity contribution in [2.45, 2.75) is 6.42 Å². The fourth-order valence-corrected chi connectivity index (χ4v) is 1.37. The van der Waals surface area contributed by atoms with Gasteiger partial charge in [-0.05, 0) is 6.07 Å². The molecule has 2 N–H and O–H groups in total. The predicted molar refractivity (Wildman–Crippen MR) is 75.0 cm³/mol. The maximum atomic E-state index is 11.3. The summed E-state index contributed by atoms with van der Waals surface area (Å²) in [5, 5.41) is 6.75. The fourth-order valence-electron chi connectivity index (χ4n) is 1.19. The lowest BCUT2D eigenvalue weighted by Crippen LogP contribution is -2.29. The van der Waals surface area contributed by atoms with Crippen LogP contribution in [0, 0.1) is 0 Å². The van der Waals surface area contributed by atoms with E-state index in [4.69, 9.17) is 11.6 Å². The van der Waals surface area contributed by atoms with Crippen LogP contribution in [0.5, 0.6) is 0 Å². The highest BCUT2D eigenvalue weighted by molar-refractivity contribution is 6.33. The lowest BCUT2D eigenvalue weighted by atomic mass is 10.2. The lowest BCUT2D eigenvalue weighted by Gasteiger charge is -2.01. The number of amides is 2. The van der Waals surface area contributed by atoms with Crippen LogP contribution in [0.4, 0.5) is 0 Å².